The Bertz CT molecular complexity index is 320. The SMILES string of the molecule is CC1CCC(C(C)C)C(OCC2(CC(=O)O)CC2)C1. The molecule has 2 aliphatic rings. The molecule has 19 heavy (non-hydrogen) atoms. The van der Waals surface area contributed by atoms with E-state index in [9.17, 15) is 4.79 Å². The van der Waals surface area contributed by atoms with Crippen LogP contribution in [0.2, 0.25) is 0 Å². The number of rotatable bonds is 6. The lowest BCUT2D eigenvalue weighted by atomic mass is 9.75. The first-order valence-corrected chi connectivity index (χ1v) is 7.75. The van der Waals surface area contributed by atoms with E-state index in [0.717, 1.165) is 25.2 Å². The van der Waals surface area contributed by atoms with Crippen LogP contribution in [0.15, 0.2) is 0 Å². The smallest absolute Gasteiger partial charge is 0.303 e. The van der Waals surface area contributed by atoms with Crippen molar-refractivity contribution in [1.29, 1.82) is 0 Å². The normalized spacial score (nSPS) is 33.4. The van der Waals surface area contributed by atoms with E-state index in [1.165, 1.54) is 12.8 Å². The summed E-state index contributed by atoms with van der Waals surface area (Å²) in [6, 6.07) is 0. The Morgan fingerprint density at radius 3 is 2.58 bits per heavy atom. The van der Waals surface area contributed by atoms with E-state index in [4.69, 9.17) is 9.84 Å². The van der Waals surface area contributed by atoms with Crippen LogP contribution in [0.4, 0.5) is 0 Å². The van der Waals surface area contributed by atoms with Crippen molar-refractivity contribution in [1.82, 2.24) is 0 Å². The molecule has 3 heteroatoms. The van der Waals surface area contributed by atoms with Crippen LogP contribution < -0.4 is 0 Å². The van der Waals surface area contributed by atoms with Crippen LogP contribution in [0.25, 0.3) is 0 Å². The molecule has 3 atom stereocenters. The summed E-state index contributed by atoms with van der Waals surface area (Å²) in [6.07, 6.45) is 6.38. The third-order valence-electron chi connectivity index (χ3n) is 5.05. The topological polar surface area (TPSA) is 46.5 Å². The van der Waals surface area contributed by atoms with Crippen molar-refractivity contribution in [3.05, 3.63) is 0 Å². The van der Waals surface area contributed by atoms with Gasteiger partial charge >= 0.3 is 5.97 Å². The molecular weight excluding hydrogens is 240 g/mol. The molecule has 2 saturated carbocycles. The number of ether oxygens (including phenoxy) is 1. The van der Waals surface area contributed by atoms with Crippen molar-refractivity contribution in [2.45, 2.75) is 65.4 Å². The van der Waals surface area contributed by atoms with Crippen molar-refractivity contribution >= 4 is 5.97 Å². The van der Waals surface area contributed by atoms with Crippen LogP contribution in [-0.2, 0) is 9.53 Å². The van der Waals surface area contributed by atoms with E-state index in [0.29, 0.717) is 24.5 Å². The number of carboxylic acid groups (broad SMARTS) is 1. The van der Waals surface area contributed by atoms with Crippen LogP contribution in [0, 0.1) is 23.2 Å². The van der Waals surface area contributed by atoms with Crippen LogP contribution >= 0.6 is 0 Å². The van der Waals surface area contributed by atoms with Gasteiger partial charge in [0.1, 0.15) is 0 Å². The average molecular weight is 268 g/mol. The monoisotopic (exact) mass is 268 g/mol. The van der Waals surface area contributed by atoms with Crippen molar-refractivity contribution in [2.75, 3.05) is 6.61 Å². The minimum Gasteiger partial charge on any atom is -0.481 e. The predicted octanol–water partition coefficient (Wildman–Crippen LogP) is 3.72. The van der Waals surface area contributed by atoms with Crippen LogP contribution in [0.5, 0.6) is 0 Å². The maximum atomic E-state index is 10.9. The Kier molecular flexibility index (Phi) is 4.54. The Hall–Kier alpha value is -0.570. The van der Waals surface area contributed by atoms with E-state index in [1.807, 2.05) is 0 Å². The average Bonchev–Trinajstić information content (AvgIpc) is 3.05. The Morgan fingerprint density at radius 2 is 2.05 bits per heavy atom. The summed E-state index contributed by atoms with van der Waals surface area (Å²) in [5, 5.41) is 8.95. The summed E-state index contributed by atoms with van der Waals surface area (Å²) >= 11 is 0. The molecule has 0 aromatic rings. The second-order valence-corrected chi connectivity index (χ2v) is 7.25. The third-order valence-corrected chi connectivity index (χ3v) is 5.05. The first-order valence-electron chi connectivity index (χ1n) is 7.75. The van der Waals surface area contributed by atoms with Gasteiger partial charge in [-0.3, -0.25) is 4.79 Å². The first-order chi connectivity index (χ1) is 8.92. The highest BCUT2D eigenvalue weighted by Crippen LogP contribution is 2.50. The van der Waals surface area contributed by atoms with Gasteiger partial charge in [-0.05, 0) is 43.4 Å². The fourth-order valence-electron chi connectivity index (χ4n) is 3.46. The summed E-state index contributed by atoms with van der Waals surface area (Å²) in [6.45, 7) is 7.51. The van der Waals surface area contributed by atoms with Crippen LogP contribution in [-0.4, -0.2) is 23.8 Å². The van der Waals surface area contributed by atoms with Crippen molar-refractivity contribution in [3.8, 4) is 0 Å². The fourth-order valence-corrected chi connectivity index (χ4v) is 3.46. The zero-order valence-electron chi connectivity index (χ0n) is 12.5. The van der Waals surface area contributed by atoms with Gasteiger partial charge in [0.2, 0.25) is 0 Å². The van der Waals surface area contributed by atoms with Gasteiger partial charge in [0.25, 0.3) is 0 Å². The quantitative estimate of drug-likeness (QED) is 0.798. The summed E-state index contributed by atoms with van der Waals surface area (Å²) in [5.41, 5.74) is -0.0337. The summed E-state index contributed by atoms with van der Waals surface area (Å²) in [5.74, 6) is 1.37. The molecule has 0 spiro atoms. The van der Waals surface area contributed by atoms with Crippen LogP contribution in [0.3, 0.4) is 0 Å². The molecule has 110 valence electrons. The predicted molar refractivity (Wildman–Crippen MR) is 75.0 cm³/mol. The van der Waals surface area contributed by atoms with E-state index in [2.05, 4.69) is 20.8 Å². The lowest BCUT2D eigenvalue weighted by molar-refractivity contribution is -0.140. The molecule has 0 aliphatic heterocycles. The standard InChI is InChI=1S/C16H28O3/c1-11(2)13-5-4-12(3)8-14(13)19-10-16(6-7-16)9-15(17)18/h11-14H,4-10H2,1-3H3,(H,17,18). The minimum atomic E-state index is -0.682. The van der Waals surface area contributed by atoms with Gasteiger partial charge in [-0.15, -0.1) is 0 Å². The highest BCUT2D eigenvalue weighted by molar-refractivity contribution is 5.68. The van der Waals surface area contributed by atoms with Crippen molar-refractivity contribution in [3.63, 3.8) is 0 Å². The van der Waals surface area contributed by atoms with Gasteiger partial charge in [0, 0.05) is 5.41 Å². The molecule has 1 N–H and O–H groups in total. The lowest BCUT2D eigenvalue weighted by Gasteiger charge is -2.37. The Labute approximate surface area is 116 Å². The molecule has 0 radical (unpaired) electrons. The molecule has 0 saturated heterocycles. The maximum absolute atomic E-state index is 10.9. The minimum absolute atomic E-state index is 0.0337. The molecule has 0 aromatic heterocycles. The highest BCUT2D eigenvalue weighted by Gasteiger charge is 2.46. The number of carboxylic acids is 1. The molecule has 0 bridgehead atoms. The maximum Gasteiger partial charge on any atom is 0.303 e. The van der Waals surface area contributed by atoms with E-state index >= 15 is 0 Å². The second-order valence-electron chi connectivity index (χ2n) is 7.25. The molecule has 3 nitrogen and oxygen atoms in total. The summed E-state index contributed by atoms with van der Waals surface area (Å²) in [4.78, 5) is 10.9. The van der Waals surface area contributed by atoms with Gasteiger partial charge in [0.15, 0.2) is 0 Å². The van der Waals surface area contributed by atoms with E-state index in [-0.39, 0.29) is 11.8 Å². The zero-order chi connectivity index (χ0) is 14.0. The molecule has 0 amide bonds. The van der Waals surface area contributed by atoms with Crippen molar-refractivity contribution in [2.24, 2.45) is 23.2 Å². The number of hydrogen-bond acceptors (Lipinski definition) is 2. The van der Waals surface area contributed by atoms with Gasteiger partial charge in [0.05, 0.1) is 19.1 Å². The highest BCUT2D eigenvalue weighted by atomic mass is 16.5. The van der Waals surface area contributed by atoms with Gasteiger partial charge in [-0.2, -0.15) is 0 Å². The molecule has 0 heterocycles. The molecule has 2 rings (SSSR count). The molecule has 3 unspecified atom stereocenters. The largest absolute Gasteiger partial charge is 0.481 e. The van der Waals surface area contributed by atoms with Gasteiger partial charge in [-0.1, -0.05) is 27.2 Å². The zero-order valence-corrected chi connectivity index (χ0v) is 12.5. The number of hydrogen-bond donors (Lipinski definition) is 1. The van der Waals surface area contributed by atoms with Gasteiger partial charge in [-0.25, -0.2) is 0 Å². The molecule has 2 fully saturated rings. The van der Waals surface area contributed by atoms with Crippen molar-refractivity contribution < 1.29 is 14.6 Å². The van der Waals surface area contributed by atoms with E-state index in [1.54, 1.807) is 0 Å². The molecular formula is C16H28O3. The summed E-state index contributed by atoms with van der Waals surface area (Å²) in [7, 11) is 0. The third kappa shape index (κ3) is 3.95. The van der Waals surface area contributed by atoms with Gasteiger partial charge < -0.3 is 9.84 Å². The van der Waals surface area contributed by atoms with Crippen LogP contribution in [0.1, 0.15) is 59.3 Å². The second kappa shape index (κ2) is 5.82. The van der Waals surface area contributed by atoms with E-state index < -0.39 is 5.97 Å². The number of carbonyl (C=O) groups is 1. The Morgan fingerprint density at radius 1 is 1.37 bits per heavy atom. The number of aliphatic carboxylic acids is 1. The molecule has 0 aromatic carbocycles. The lowest BCUT2D eigenvalue weighted by Crippen LogP contribution is -2.35. The summed E-state index contributed by atoms with van der Waals surface area (Å²) < 4.78 is 6.19. The fraction of sp³-hybridized carbons (Fsp3) is 0.938. The molecule has 2 aliphatic carbocycles. The Balaban J connectivity index is 1.87. The first kappa shape index (κ1) is 14.8.